The van der Waals surface area contributed by atoms with Gasteiger partial charge in [-0.05, 0) is 34.5 Å². The molecule has 0 saturated heterocycles. The van der Waals surface area contributed by atoms with Crippen LogP contribution in [-0.4, -0.2) is 10.8 Å². The maximum absolute atomic E-state index is 13.9. The van der Waals surface area contributed by atoms with Crippen molar-refractivity contribution in [3.05, 3.63) is 60.0 Å². The van der Waals surface area contributed by atoms with Gasteiger partial charge in [-0.1, -0.05) is 0 Å². The van der Waals surface area contributed by atoms with Crippen LogP contribution in [0.4, 0.5) is 10.1 Å². The van der Waals surface area contributed by atoms with Crippen molar-refractivity contribution in [2.45, 2.75) is 13.5 Å². The highest BCUT2D eigenvalue weighted by molar-refractivity contribution is 9.10. The quantitative estimate of drug-likeness (QED) is 0.655. The van der Waals surface area contributed by atoms with Crippen molar-refractivity contribution >= 4 is 38.9 Å². The maximum atomic E-state index is 13.9. The fraction of sp³-hybridized carbons (Fsp3) is 0.154. The molecule has 0 atom stereocenters. The number of nitro groups is 1. The van der Waals surface area contributed by atoms with Gasteiger partial charge >= 0.3 is 0 Å². The molecule has 110 valence electrons. The molecule has 0 aliphatic rings. The molecule has 0 unspecified atom stereocenters. The van der Waals surface area contributed by atoms with Crippen molar-refractivity contribution in [1.82, 2.24) is 5.32 Å². The Morgan fingerprint density at radius 3 is 2.76 bits per heavy atom. The number of thiophene rings is 1. The fourth-order valence-corrected chi connectivity index (χ4v) is 3.12. The Hall–Kier alpha value is -1.80. The van der Waals surface area contributed by atoms with Gasteiger partial charge in [0.05, 0.1) is 17.0 Å². The zero-order chi connectivity index (χ0) is 15.6. The van der Waals surface area contributed by atoms with Gasteiger partial charge in [-0.3, -0.25) is 14.9 Å². The number of carbonyl (C=O) groups excluding carboxylic acids is 1. The minimum Gasteiger partial charge on any atom is -0.347 e. The lowest BCUT2D eigenvalue weighted by atomic mass is 10.1. The molecule has 8 heteroatoms. The molecule has 0 spiro atoms. The van der Waals surface area contributed by atoms with Crippen LogP contribution in [-0.2, 0) is 6.54 Å². The van der Waals surface area contributed by atoms with E-state index in [1.807, 2.05) is 11.4 Å². The number of hydrogen-bond donors (Lipinski definition) is 1. The summed E-state index contributed by atoms with van der Waals surface area (Å²) < 4.78 is 14.8. The summed E-state index contributed by atoms with van der Waals surface area (Å²) in [5.41, 5.74) is -0.566. The summed E-state index contributed by atoms with van der Waals surface area (Å²) in [5, 5.41) is 15.2. The van der Waals surface area contributed by atoms with Gasteiger partial charge in [0.2, 0.25) is 0 Å². The number of nitro benzene ring substituents is 1. The zero-order valence-corrected chi connectivity index (χ0v) is 13.3. The lowest BCUT2D eigenvalue weighted by Gasteiger charge is -2.07. The molecule has 21 heavy (non-hydrogen) atoms. The Morgan fingerprint density at radius 1 is 1.48 bits per heavy atom. The van der Waals surface area contributed by atoms with E-state index in [-0.39, 0.29) is 23.4 Å². The molecule has 5 nitrogen and oxygen atoms in total. The average Bonchev–Trinajstić information content (AvgIpc) is 2.84. The van der Waals surface area contributed by atoms with Gasteiger partial charge in [-0.15, -0.1) is 11.3 Å². The van der Waals surface area contributed by atoms with Crippen molar-refractivity contribution < 1.29 is 14.1 Å². The smallest absolute Gasteiger partial charge is 0.270 e. The van der Waals surface area contributed by atoms with Gasteiger partial charge in [-0.2, -0.15) is 0 Å². The van der Waals surface area contributed by atoms with E-state index in [0.717, 1.165) is 21.5 Å². The first-order chi connectivity index (χ1) is 9.88. The number of benzene rings is 1. The van der Waals surface area contributed by atoms with Crippen LogP contribution in [0.2, 0.25) is 0 Å². The lowest BCUT2D eigenvalue weighted by Crippen LogP contribution is -2.23. The molecule has 0 aliphatic carbocycles. The summed E-state index contributed by atoms with van der Waals surface area (Å²) in [4.78, 5) is 23.0. The monoisotopic (exact) mass is 372 g/mol. The molecule has 0 fully saturated rings. The number of rotatable bonds is 4. The summed E-state index contributed by atoms with van der Waals surface area (Å²) in [6.45, 7) is 1.62. The highest BCUT2D eigenvalue weighted by atomic mass is 79.9. The molecule has 0 bridgehead atoms. The standard InChI is InChI=1S/C13H10BrFN2O3S/c1-7-2-9(17(19)20)4-11(12(7)15)13(18)16-5-10-3-8(14)6-21-10/h2-4,6H,5H2,1H3,(H,16,18). The Labute approximate surface area is 132 Å². The van der Waals surface area contributed by atoms with Crippen molar-refractivity contribution in [2.24, 2.45) is 0 Å². The number of aryl methyl sites for hydroxylation is 1. The summed E-state index contributed by atoms with van der Waals surface area (Å²) in [6, 6.07) is 3.88. The van der Waals surface area contributed by atoms with Crippen LogP contribution in [0.3, 0.4) is 0 Å². The van der Waals surface area contributed by atoms with Crippen LogP contribution < -0.4 is 5.32 Å². The Kier molecular flexibility index (Phi) is 4.69. The fourth-order valence-electron chi connectivity index (χ4n) is 1.73. The van der Waals surface area contributed by atoms with E-state index < -0.39 is 16.6 Å². The molecule has 0 radical (unpaired) electrons. The molecule has 2 aromatic rings. The van der Waals surface area contributed by atoms with Gasteiger partial charge in [0.1, 0.15) is 5.82 Å². The molecule has 1 heterocycles. The zero-order valence-electron chi connectivity index (χ0n) is 10.9. The minimum atomic E-state index is -0.745. The Balaban J connectivity index is 2.20. The molecule has 0 saturated carbocycles. The first-order valence-electron chi connectivity index (χ1n) is 5.84. The van der Waals surface area contributed by atoms with Crippen LogP contribution in [0.25, 0.3) is 0 Å². The molecule has 1 N–H and O–H groups in total. The molecule has 0 aliphatic heterocycles. The van der Waals surface area contributed by atoms with Crippen LogP contribution in [0.5, 0.6) is 0 Å². The highest BCUT2D eigenvalue weighted by Gasteiger charge is 2.19. The lowest BCUT2D eigenvalue weighted by molar-refractivity contribution is -0.385. The summed E-state index contributed by atoms with van der Waals surface area (Å²) in [5.74, 6) is -1.42. The van der Waals surface area contributed by atoms with Crippen LogP contribution >= 0.6 is 27.3 Å². The van der Waals surface area contributed by atoms with Crippen LogP contribution in [0, 0.1) is 22.9 Å². The third-order valence-corrected chi connectivity index (χ3v) is 4.44. The van der Waals surface area contributed by atoms with Crippen molar-refractivity contribution in [2.75, 3.05) is 0 Å². The molecule has 1 amide bonds. The van der Waals surface area contributed by atoms with Gasteiger partial charge < -0.3 is 5.32 Å². The first-order valence-corrected chi connectivity index (χ1v) is 7.51. The van der Waals surface area contributed by atoms with E-state index in [0.29, 0.717) is 0 Å². The van der Waals surface area contributed by atoms with Gasteiger partial charge in [0.15, 0.2) is 0 Å². The van der Waals surface area contributed by atoms with Crippen molar-refractivity contribution in [3.8, 4) is 0 Å². The van der Waals surface area contributed by atoms with Crippen LogP contribution in [0.15, 0.2) is 28.1 Å². The van der Waals surface area contributed by atoms with E-state index in [9.17, 15) is 19.3 Å². The minimum absolute atomic E-state index is 0.0632. The number of amides is 1. The number of carbonyl (C=O) groups is 1. The average molecular weight is 373 g/mol. The molecule has 1 aromatic carbocycles. The number of halogens is 2. The molecular weight excluding hydrogens is 363 g/mol. The maximum Gasteiger partial charge on any atom is 0.270 e. The van der Waals surface area contributed by atoms with Crippen LogP contribution in [0.1, 0.15) is 20.8 Å². The van der Waals surface area contributed by atoms with E-state index in [1.54, 1.807) is 0 Å². The summed E-state index contributed by atoms with van der Waals surface area (Å²) in [6.07, 6.45) is 0. The molecule has 1 aromatic heterocycles. The Morgan fingerprint density at radius 2 is 2.19 bits per heavy atom. The number of non-ortho nitro benzene ring substituents is 1. The van der Waals surface area contributed by atoms with E-state index in [4.69, 9.17) is 0 Å². The van der Waals surface area contributed by atoms with Gasteiger partial charge in [0, 0.05) is 26.9 Å². The number of hydrogen-bond acceptors (Lipinski definition) is 4. The van der Waals surface area contributed by atoms with Gasteiger partial charge in [-0.25, -0.2) is 4.39 Å². The summed E-state index contributed by atoms with van der Waals surface area (Å²) >= 11 is 4.73. The third kappa shape index (κ3) is 3.64. The number of nitrogens with zero attached hydrogens (tertiary/aromatic N) is 1. The SMILES string of the molecule is Cc1cc([N+](=O)[O-])cc(C(=O)NCc2cc(Br)cs2)c1F. The largest absolute Gasteiger partial charge is 0.347 e. The first kappa shape index (κ1) is 15.6. The van der Waals surface area contributed by atoms with E-state index in [2.05, 4.69) is 21.2 Å². The van der Waals surface area contributed by atoms with Gasteiger partial charge in [0.25, 0.3) is 11.6 Å². The van der Waals surface area contributed by atoms with Crippen molar-refractivity contribution in [1.29, 1.82) is 0 Å². The predicted molar refractivity (Wildman–Crippen MR) is 81.0 cm³/mol. The van der Waals surface area contributed by atoms with E-state index in [1.165, 1.54) is 18.3 Å². The second-order valence-electron chi connectivity index (χ2n) is 4.30. The number of nitrogens with one attached hydrogen (secondary N) is 1. The Bertz CT molecular complexity index is 717. The topological polar surface area (TPSA) is 72.2 Å². The third-order valence-electron chi connectivity index (χ3n) is 2.74. The van der Waals surface area contributed by atoms with Crippen molar-refractivity contribution in [3.63, 3.8) is 0 Å². The highest BCUT2D eigenvalue weighted by Crippen LogP contribution is 2.22. The predicted octanol–water partition coefficient (Wildman–Crippen LogP) is 3.80. The van der Waals surface area contributed by atoms with E-state index >= 15 is 0 Å². The summed E-state index contributed by atoms with van der Waals surface area (Å²) in [7, 11) is 0. The molecule has 2 rings (SSSR count). The molecular formula is C13H10BrFN2O3S. The normalized spacial score (nSPS) is 10.4. The second-order valence-corrected chi connectivity index (χ2v) is 6.21. The second kappa shape index (κ2) is 6.31.